The number of para-hydroxylation sites is 1. The lowest BCUT2D eigenvalue weighted by Gasteiger charge is -2.09. The Hall–Kier alpha value is -1.40. The molecule has 0 saturated carbocycles. The predicted molar refractivity (Wildman–Crippen MR) is 88.6 cm³/mol. The second-order valence-electron chi connectivity index (χ2n) is 4.65. The fourth-order valence-corrected chi connectivity index (χ4v) is 4.27. The van der Waals surface area contributed by atoms with Crippen LogP contribution in [0.15, 0.2) is 52.4 Å². The standard InChI is InChI=1S/C15H7Cl3FNO2S/c16-10-5-4-8(6-11(10)17)23(21,22)13-7-20-15-9(14(13)18)2-1-3-12(15)19/h1-7H. The minimum absolute atomic E-state index is 0.00517. The van der Waals surface area contributed by atoms with Crippen molar-refractivity contribution in [2.75, 3.05) is 0 Å². The van der Waals surface area contributed by atoms with Crippen molar-refractivity contribution in [2.45, 2.75) is 9.79 Å². The van der Waals surface area contributed by atoms with Crippen molar-refractivity contribution in [3.8, 4) is 0 Å². The predicted octanol–water partition coefficient (Wildman–Crippen LogP) is 5.17. The zero-order valence-corrected chi connectivity index (χ0v) is 14.3. The van der Waals surface area contributed by atoms with Gasteiger partial charge < -0.3 is 0 Å². The maximum atomic E-state index is 13.7. The van der Waals surface area contributed by atoms with E-state index in [0.29, 0.717) is 0 Å². The molecule has 0 bridgehead atoms. The Bertz CT molecular complexity index is 1040. The fourth-order valence-electron chi connectivity index (χ4n) is 2.09. The molecule has 1 aromatic heterocycles. The van der Waals surface area contributed by atoms with Gasteiger partial charge in [0, 0.05) is 11.6 Å². The summed E-state index contributed by atoms with van der Waals surface area (Å²) < 4.78 is 39.2. The van der Waals surface area contributed by atoms with Crippen LogP contribution in [0.3, 0.4) is 0 Å². The summed E-state index contributed by atoms with van der Waals surface area (Å²) in [5.74, 6) is -0.581. The van der Waals surface area contributed by atoms with Crippen molar-refractivity contribution in [2.24, 2.45) is 0 Å². The van der Waals surface area contributed by atoms with Crippen LogP contribution in [0.4, 0.5) is 4.39 Å². The van der Waals surface area contributed by atoms with Crippen LogP contribution in [0.1, 0.15) is 0 Å². The van der Waals surface area contributed by atoms with Gasteiger partial charge in [-0.05, 0) is 24.3 Å². The Kier molecular flexibility index (Phi) is 4.23. The van der Waals surface area contributed by atoms with Gasteiger partial charge in [-0.3, -0.25) is 4.98 Å². The van der Waals surface area contributed by atoms with Crippen LogP contribution in [0, 0.1) is 5.82 Å². The number of benzene rings is 2. The first-order valence-corrected chi connectivity index (χ1v) is 8.87. The molecule has 0 fully saturated rings. The topological polar surface area (TPSA) is 47.0 Å². The smallest absolute Gasteiger partial charge is 0.209 e. The summed E-state index contributed by atoms with van der Waals surface area (Å²) in [5.41, 5.74) is 0.00517. The van der Waals surface area contributed by atoms with Crippen LogP contribution in [0.5, 0.6) is 0 Å². The van der Waals surface area contributed by atoms with Gasteiger partial charge in [0.15, 0.2) is 0 Å². The molecular formula is C15H7Cl3FNO2S. The van der Waals surface area contributed by atoms with E-state index in [4.69, 9.17) is 34.8 Å². The van der Waals surface area contributed by atoms with Crippen molar-refractivity contribution >= 4 is 55.5 Å². The number of hydrogen-bond acceptors (Lipinski definition) is 3. The first-order chi connectivity index (χ1) is 10.8. The highest BCUT2D eigenvalue weighted by Crippen LogP contribution is 2.34. The number of hydrogen-bond donors (Lipinski definition) is 0. The summed E-state index contributed by atoms with van der Waals surface area (Å²) in [6.07, 6.45) is 1.03. The zero-order chi connectivity index (χ0) is 16.8. The first kappa shape index (κ1) is 16.5. The molecule has 0 atom stereocenters. The molecule has 1 heterocycles. The highest BCUT2D eigenvalue weighted by atomic mass is 35.5. The number of nitrogens with zero attached hydrogens (tertiary/aromatic N) is 1. The van der Waals surface area contributed by atoms with Gasteiger partial charge >= 0.3 is 0 Å². The van der Waals surface area contributed by atoms with Crippen LogP contribution in [-0.2, 0) is 9.84 Å². The first-order valence-electron chi connectivity index (χ1n) is 6.25. The third kappa shape index (κ3) is 2.78. The Balaban J connectivity index is 2.26. The molecule has 3 rings (SSSR count). The van der Waals surface area contributed by atoms with E-state index in [1.165, 1.54) is 36.4 Å². The number of sulfone groups is 1. The van der Waals surface area contributed by atoms with Crippen LogP contribution < -0.4 is 0 Å². The molecule has 0 saturated heterocycles. The van der Waals surface area contributed by atoms with Crippen LogP contribution >= 0.6 is 34.8 Å². The van der Waals surface area contributed by atoms with E-state index in [-0.39, 0.29) is 35.8 Å². The minimum atomic E-state index is -3.97. The van der Waals surface area contributed by atoms with Crippen molar-refractivity contribution in [3.05, 3.63) is 63.5 Å². The van der Waals surface area contributed by atoms with Gasteiger partial charge in [0.1, 0.15) is 16.2 Å². The van der Waals surface area contributed by atoms with Gasteiger partial charge in [0.25, 0.3) is 0 Å². The molecule has 118 valence electrons. The third-order valence-electron chi connectivity index (χ3n) is 3.24. The molecule has 0 aliphatic carbocycles. The summed E-state index contributed by atoms with van der Waals surface area (Å²) in [6, 6.07) is 8.07. The number of aromatic nitrogens is 1. The Morgan fingerprint density at radius 2 is 1.74 bits per heavy atom. The lowest BCUT2D eigenvalue weighted by molar-refractivity contribution is 0.595. The molecule has 0 aliphatic rings. The fraction of sp³-hybridized carbons (Fsp3) is 0. The van der Waals surface area contributed by atoms with E-state index in [9.17, 15) is 12.8 Å². The van der Waals surface area contributed by atoms with Gasteiger partial charge in [0.2, 0.25) is 9.84 Å². The number of rotatable bonds is 2. The van der Waals surface area contributed by atoms with Crippen molar-refractivity contribution in [1.82, 2.24) is 4.98 Å². The van der Waals surface area contributed by atoms with Gasteiger partial charge in [-0.2, -0.15) is 0 Å². The molecule has 2 aromatic carbocycles. The third-order valence-corrected chi connectivity index (χ3v) is 6.26. The van der Waals surface area contributed by atoms with Crippen molar-refractivity contribution < 1.29 is 12.8 Å². The monoisotopic (exact) mass is 389 g/mol. The molecule has 8 heteroatoms. The molecule has 0 aliphatic heterocycles. The van der Waals surface area contributed by atoms with Crippen molar-refractivity contribution in [3.63, 3.8) is 0 Å². The quantitative estimate of drug-likeness (QED) is 0.606. The van der Waals surface area contributed by atoms with Gasteiger partial charge in [-0.25, -0.2) is 12.8 Å². The highest BCUT2D eigenvalue weighted by molar-refractivity contribution is 7.91. The Morgan fingerprint density at radius 1 is 1.00 bits per heavy atom. The Morgan fingerprint density at radius 3 is 2.43 bits per heavy atom. The average Bonchev–Trinajstić information content (AvgIpc) is 2.51. The van der Waals surface area contributed by atoms with E-state index >= 15 is 0 Å². The van der Waals surface area contributed by atoms with E-state index in [0.717, 1.165) is 6.20 Å². The van der Waals surface area contributed by atoms with Crippen LogP contribution in [0.2, 0.25) is 15.1 Å². The zero-order valence-electron chi connectivity index (χ0n) is 11.2. The van der Waals surface area contributed by atoms with E-state index in [1.54, 1.807) is 0 Å². The van der Waals surface area contributed by atoms with Crippen LogP contribution in [-0.4, -0.2) is 13.4 Å². The number of fused-ring (bicyclic) bond motifs is 1. The van der Waals surface area contributed by atoms with Gasteiger partial charge in [-0.1, -0.05) is 46.9 Å². The molecule has 0 radical (unpaired) electrons. The molecule has 0 amide bonds. The molecule has 3 aromatic rings. The van der Waals surface area contributed by atoms with E-state index in [1.807, 2.05) is 0 Å². The lowest BCUT2D eigenvalue weighted by Crippen LogP contribution is -2.04. The maximum Gasteiger partial charge on any atom is 0.209 e. The SMILES string of the molecule is O=S(=O)(c1ccc(Cl)c(Cl)c1)c1cnc2c(F)cccc2c1Cl. The summed E-state index contributed by atoms with van der Waals surface area (Å²) in [6.45, 7) is 0. The molecular weight excluding hydrogens is 384 g/mol. The second-order valence-corrected chi connectivity index (χ2v) is 7.76. The molecule has 23 heavy (non-hydrogen) atoms. The number of halogens is 4. The highest BCUT2D eigenvalue weighted by Gasteiger charge is 2.24. The van der Waals surface area contributed by atoms with E-state index < -0.39 is 15.7 Å². The normalized spacial score (nSPS) is 11.8. The maximum absolute atomic E-state index is 13.7. The largest absolute Gasteiger partial charge is 0.252 e. The van der Waals surface area contributed by atoms with Crippen molar-refractivity contribution in [1.29, 1.82) is 0 Å². The minimum Gasteiger partial charge on any atom is -0.252 e. The average molecular weight is 391 g/mol. The summed E-state index contributed by atoms with van der Waals surface area (Å²) in [7, 11) is -3.97. The molecule has 0 N–H and O–H groups in total. The summed E-state index contributed by atoms with van der Waals surface area (Å²) in [5, 5.41) is 0.451. The molecule has 0 spiro atoms. The molecule has 0 unspecified atom stereocenters. The number of pyridine rings is 1. The molecule has 3 nitrogen and oxygen atoms in total. The lowest BCUT2D eigenvalue weighted by atomic mass is 10.2. The van der Waals surface area contributed by atoms with Crippen LogP contribution in [0.25, 0.3) is 10.9 Å². The Labute approximate surface area is 146 Å². The van der Waals surface area contributed by atoms with E-state index in [2.05, 4.69) is 4.98 Å². The summed E-state index contributed by atoms with van der Waals surface area (Å²) in [4.78, 5) is 3.57. The van der Waals surface area contributed by atoms with Gasteiger partial charge in [0.05, 0.1) is 20.0 Å². The second kappa shape index (κ2) is 5.91. The van der Waals surface area contributed by atoms with Gasteiger partial charge in [-0.15, -0.1) is 0 Å². The summed E-state index contributed by atoms with van der Waals surface area (Å²) >= 11 is 17.8.